The van der Waals surface area contributed by atoms with Gasteiger partial charge in [-0.25, -0.2) is 4.63 Å². The van der Waals surface area contributed by atoms with Crippen molar-refractivity contribution in [3.8, 4) is 0 Å². The molecule has 0 saturated carbocycles. The van der Waals surface area contributed by atoms with Gasteiger partial charge >= 0.3 is 0 Å². The third kappa shape index (κ3) is 7.16. The molecule has 0 amide bonds. The molecule has 0 aliphatic carbocycles. The number of hydrogen-bond donors (Lipinski definition) is 2. The molecule has 3 N–H and O–H groups in total. The van der Waals surface area contributed by atoms with Gasteiger partial charge in [-0.15, -0.1) is 0 Å². The van der Waals surface area contributed by atoms with Gasteiger partial charge in [-0.1, -0.05) is 10.3 Å². The van der Waals surface area contributed by atoms with Crippen molar-refractivity contribution in [2.24, 2.45) is 5.84 Å². The van der Waals surface area contributed by atoms with Crippen molar-refractivity contribution in [2.45, 2.75) is 0 Å². The largest absolute Gasteiger partial charge is 0.261 e. The predicted molar refractivity (Wildman–Crippen MR) is 29.2 cm³/mol. The van der Waals surface area contributed by atoms with Crippen LogP contribution in [0.25, 0.3) is 0 Å². The van der Waals surface area contributed by atoms with Gasteiger partial charge in [0, 0.05) is 0 Å². The Morgan fingerprint density at radius 1 is 1.56 bits per heavy atom. The maximum atomic E-state index is 9.03. The molecule has 1 rings (SSSR count). The summed E-state index contributed by atoms with van der Waals surface area (Å²) in [5.74, 6) is 4.45. The first-order chi connectivity index (χ1) is 4.41. The highest BCUT2D eigenvalue weighted by molar-refractivity contribution is 7.20. The summed E-state index contributed by atoms with van der Waals surface area (Å²) in [7, 11) is -0.224. The fraction of sp³-hybridized carbons (Fsp3) is 0. The van der Waals surface area contributed by atoms with Gasteiger partial charge in [0.2, 0.25) is 0 Å². The van der Waals surface area contributed by atoms with E-state index in [0.29, 0.717) is 0 Å². The minimum atomic E-state index is -0.224. The van der Waals surface area contributed by atoms with Gasteiger partial charge in [-0.05, 0) is 0 Å². The molecule has 1 heterocycles. The van der Waals surface area contributed by atoms with E-state index in [0.717, 1.165) is 0 Å². The second-order valence-electron chi connectivity index (χ2n) is 0.811. The molecular weight excluding hydrogens is 143 g/mol. The number of nitrogens with two attached hydrogens (primary N) is 1. The zero-order chi connectivity index (χ0) is 6.95. The van der Waals surface area contributed by atoms with Crippen molar-refractivity contribution in [2.75, 3.05) is 0 Å². The van der Waals surface area contributed by atoms with E-state index in [4.69, 9.17) is 4.57 Å². The predicted octanol–water partition coefficient (Wildman–Crippen LogP) is -0.274. The summed E-state index contributed by atoms with van der Waals surface area (Å²) in [6.45, 7) is 0. The first-order valence-electron chi connectivity index (χ1n) is 1.91. The van der Waals surface area contributed by atoms with E-state index in [1.54, 1.807) is 0 Å². The number of nitrogens with zero attached hydrogens (tertiary/aromatic N) is 2. The summed E-state index contributed by atoms with van der Waals surface area (Å²) in [5.41, 5.74) is 0. The van der Waals surface area contributed by atoms with Crippen LogP contribution in [0.3, 0.4) is 0 Å². The standard InChI is InChI=1S/C2H2N2O.H3N2OP/c1-2-4-5-3-1;1-2-4-3/h1-2H;1H2,(H,2,3). The maximum absolute atomic E-state index is 9.03. The topological polar surface area (TPSA) is 94.0 Å². The van der Waals surface area contributed by atoms with E-state index >= 15 is 0 Å². The molecule has 0 radical (unpaired) electrons. The number of rotatable bonds is 1. The van der Waals surface area contributed by atoms with Crippen molar-refractivity contribution >= 4 is 8.61 Å². The monoisotopic (exact) mass is 148 g/mol. The van der Waals surface area contributed by atoms with Crippen LogP contribution in [-0.4, -0.2) is 10.3 Å². The van der Waals surface area contributed by atoms with Crippen molar-refractivity contribution in [1.29, 1.82) is 0 Å². The fourth-order valence-corrected chi connectivity index (χ4v) is 0.136. The average molecular weight is 148 g/mol. The lowest BCUT2D eigenvalue weighted by atomic mass is 11.0. The van der Waals surface area contributed by atoms with Gasteiger partial charge in [0.15, 0.2) is 0 Å². The Labute approximate surface area is 52.6 Å². The van der Waals surface area contributed by atoms with Crippen LogP contribution in [0, 0.1) is 0 Å². The van der Waals surface area contributed by atoms with Crippen LogP contribution >= 0.6 is 8.61 Å². The number of hydrogen-bond acceptors (Lipinski definition) is 5. The van der Waals surface area contributed by atoms with Crippen molar-refractivity contribution < 1.29 is 9.19 Å². The summed E-state index contributed by atoms with van der Waals surface area (Å²) < 4.78 is 13.1. The van der Waals surface area contributed by atoms with E-state index < -0.39 is 0 Å². The SMILES string of the molecule is NNP=O.c1cnon1. The van der Waals surface area contributed by atoms with Gasteiger partial charge in [-0.3, -0.25) is 10.4 Å². The lowest BCUT2D eigenvalue weighted by Crippen LogP contribution is -2.05. The number of hydrazine groups is 1. The highest BCUT2D eigenvalue weighted by Gasteiger charge is 1.61. The normalized spacial score (nSPS) is 8.11. The number of aromatic nitrogens is 2. The van der Waals surface area contributed by atoms with Crippen molar-refractivity contribution in [3.63, 3.8) is 0 Å². The Balaban J connectivity index is 0.000000148. The maximum Gasteiger partial charge on any atom is 0.260 e. The minimum absolute atomic E-state index is 0.224. The molecule has 0 bridgehead atoms. The second kappa shape index (κ2) is 7.16. The lowest BCUT2D eigenvalue weighted by Gasteiger charge is -1.60. The lowest BCUT2D eigenvalue weighted by molar-refractivity contribution is 0.307. The summed E-state index contributed by atoms with van der Waals surface area (Å²) in [4.78, 5) is 0. The molecule has 50 valence electrons. The molecule has 0 unspecified atom stereocenters. The number of nitrogens with one attached hydrogen (secondary N) is 1. The van der Waals surface area contributed by atoms with Crippen LogP contribution in [-0.2, 0) is 4.57 Å². The molecular formula is C2H5N4O2P. The summed E-state index contributed by atoms with van der Waals surface area (Å²) >= 11 is 0. The Bertz CT molecular complexity index is 114. The van der Waals surface area contributed by atoms with Crippen LogP contribution in [0.2, 0.25) is 0 Å². The molecule has 0 spiro atoms. The first-order valence-corrected chi connectivity index (χ1v) is 2.72. The molecule has 0 aromatic carbocycles. The highest BCUT2D eigenvalue weighted by atomic mass is 31.1. The van der Waals surface area contributed by atoms with Gasteiger partial charge in [0.1, 0.15) is 0 Å². The summed E-state index contributed by atoms with van der Waals surface area (Å²) in [6.07, 6.45) is 2.94. The third-order valence-electron chi connectivity index (χ3n) is 0.335. The zero-order valence-electron chi connectivity index (χ0n) is 4.39. The molecule has 1 aromatic heterocycles. The van der Waals surface area contributed by atoms with Crippen molar-refractivity contribution in [1.82, 2.24) is 15.5 Å². The molecule has 0 saturated heterocycles. The fourth-order valence-electron chi connectivity index (χ4n) is 0.136. The Morgan fingerprint density at radius 3 is 2.11 bits per heavy atom. The smallest absolute Gasteiger partial charge is 0.260 e. The quantitative estimate of drug-likeness (QED) is 0.323. The highest BCUT2D eigenvalue weighted by Crippen LogP contribution is 1.65. The average Bonchev–Trinajstić information content (AvgIpc) is 2.43. The Kier molecular flexibility index (Phi) is 6.49. The van der Waals surface area contributed by atoms with E-state index in [1.807, 2.05) is 5.20 Å². The van der Waals surface area contributed by atoms with Crippen LogP contribution < -0.4 is 11.0 Å². The van der Waals surface area contributed by atoms with E-state index in [-0.39, 0.29) is 8.61 Å². The minimum Gasteiger partial charge on any atom is -0.261 e. The Hall–Kier alpha value is -0.840. The first kappa shape index (κ1) is 8.16. The molecule has 0 aliphatic heterocycles. The Morgan fingerprint density at radius 2 is 2.00 bits per heavy atom. The zero-order valence-corrected chi connectivity index (χ0v) is 5.28. The second-order valence-corrected chi connectivity index (χ2v) is 1.25. The van der Waals surface area contributed by atoms with Crippen LogP contribution in [0.15, 0.2) is 17.0 Å². The van der Waals surface area contributed by atoms with Crippen LogP contribution in [0.5, 0.6) is 0 Å². The van der Waals surface area contributed by atoms with E-state index in [1.165, 1.54) is 12.4 Å². The van der Waals surface area contributed by atoms with Gasteiger partial charge in [-0.2, -0.15) is 5.20 Å². The van der Waals surface area contributed by atoms with Gasteiger partial charge < -0.3 is 0 Å². The van der Waals surface area contributed by atoms with Gasteiger partial charge in [0.05, 0.1) is 12.4 Å². The van der Waals surface area contributed by atoms with E-state index in [2.05, 4.69) is 20.8 Å². The molecule has 0 aliphatic rings. The molecule has 7 heteroatoms. The van der Waals surface area contributed by atoms with Crippen LogP contribution in [0.1, 0.15) is 0 Å². The molecule has 6 nitrogen and oxygen atoms in total. The third-order valence-corrected chi connectivity index (χ3v) is 0.441. The summed E-state index contributed by atoms with van der Waals surface area (Å²) in [6, 6.07) is 0. The summed E-state index contributed by atoms with van der Waals surface area (Å²) in [5, 5.41) is 8.32. The molecule has 9 heavy (non-hydrogen) atoms. The van der Waals surface area contributed by atoms with Crippen LogP contribution in [0.4, 0.5) is 0 Å². The van der Waals surface area contributed by atoms with Gasteiger partial charge in [0.25, 0.3) is 8.61 Å². The molecule has 1 aromatic rings. The molecule has 0 atom stereocenters. The van der Waals surface area contributed by atoms with E-state index in [9.17, 15) is 0 Å². The van der Waals surface area contributed by atoms with Crippen molar-refractivity contribution in [3.05, 3.63) is 12.4 Å². The molecule has 0 fully saturated rings.